The van der Waals surface area contributed by atoms with E-state index in [0.717, 1.165) is 5.57 Å². The molecule has 0 aromatic carbocycles. The summed E-state index contributed by atoms with van der Waals surface area (Å²) in [7, 11) is 0. The van der Waals surface area contributed by atoms with Crippen LogP contribution in [0, 0.1) is 5.92 Å². The topological polar surface area (TPSA) is 55.1 Å². The zero-order valence-electron chi connectivity index (χ0n) is 7.66. The molecule has 0 aromatic heterocycles. The van der Waals surface area contributed by atoms with Crippen LogP contribution < -0.4 is 11.1 Å². The van der Waals surface area contributed by atoms with Crippen LogP contribution in [0.15, 0.2) is 36.0 Å². The summed E-state index contributed by atoms with van der Waals surface area (Å²) in [6.07, 6.45) is 10.1. The van der Waals surface area contributed by atoms with Gasteiger partial charge in [-0.1, -0.05) is 37.3 Å². The molecule has 13 heavy (non-hydrogen) atoms. The highest BCUT2D eigenvalue weighted by Gasteiger charge is 1.98. The van der Waals surface area contributed by atoms with Crippen molar-refractivity contribution in [3.8, 4) is 0 Å². The minimum absolute atomic E-state index is 0.447. The third kappa shape index (κ3) is 3.60. The van der Waals surface area contributed by atoms with Gasteiger partial charge in [0.25, 0.3) is 0 Å². The van der Waals surface area contributed by atoms with E-state index in [9.17, 15) is 4.79 Å². The smallest absolute Gasteiger partial charge is 0.312 e. The highest BCUT2D eigenvalue weighted by molar-refractivity contribution is 5.72. The highest BCUT2D eigenvalue weighted by atomic mass is 16.2. The summed E-state index contributed by atoms with van der Waals surface area (Å²) in [4.78, 5) is 10.4. The average Bonchev–Trinajstić information content (AvgIpc) is 2.27. The van der Waals surface area contributed by atoms with E-state index in [1.807, 2.05) is 18.2 Å². The Labute approximate surface area is 78.0 Å². The Morgan fingerprint density at radius 1 is 1.62 bits per heavy atom. The van der Waals surface area contributed by atoms with Crippen molar-refractivity contribution in [2.24, 2.45) is 11.7 Å². The average molecular weight is 178 g/mol. The van der Waals surface area contributed by atoms with E-state index in [-0.39, 0.29) is 0 Å². The first kappa shape index (κ1) is 9.58. The van der Waals surface area contributed by atoms with Gasteiger partial charge >= 0.3 is 6.03 Å². The van der Waals surface area contributed by atoms with Gasteiger partial charge in [0.2, 0.25) is 0 Å². The molecule has 3 N–H and O–H groups in total. The van der Waals surface area contributed by atoms with Gasteiger partial charge in [-0.05, 0) is 11.5 Å². The summed E-state index contributed by atoms with van der Waals surface area (Å²) in [5, 5.41) is 2.54. The molecule has 3 nitrogen and oxygen atoms in total. The number of nitrogens with one attached hydrogen (secondary N) is 1. The lowest BCUT2D eigenvalue weighted by molar-refractivity contribution is 0.250. The fraction of sp³-hybridized carbons (Fsp3) is 0.300. The van der Waals surface area contributed by atoms with Crippen LogP contribution in [0.3, 0.4) is 0 Å². The van der Waals surface area contributed by atoms with Crippen molar-refractivity contribution in [1.82, 2.24) is 5.32 Å². The molecule has 0 aromatic rings. The maximum atomic E-state index is 10.4. The molecular formula is C10H14N2O. The molecular weight excluding hydrogens is 164 g/mol. The minimum Gasteiger partial charge on any atom is -0.352 e. The standard InChI is InChI=1S/C10H14N2O/c1-8-3-2-4-9(6-5-8)7-12-10(11)13/h2-6,8H,7H2,1H3,(H3,11,12,13). The molecule has 0 radical (unpaired) electrons. The van der Waals surface area contributed by atoms with Gasteiger partial charge in [0.05, 0.1) is 0 Å². The molecule has 3 heteroatoms. The van der Waals surface area contributed by atoms with Crippen LogP contribution in [-0.4, -0.2) is 12.6 Å². The van der Waals surface area contributed by atoms with Crippen LogP contribution in [0.4, 0.5) is 4.79 Å². The molecule has 70 valence electrons. The normalized spacial score (nSPS) is 20.7. The number of hydrogen-bond donors (Lipinski definition) is 2. The highest BCUT2D eigenvalue weighted by Crippen LogP contribution is 2.08. The molecule has 0 saturated carbocycles. The van der Waals surface area contributed by atoms with Crippen LogP contribution in [0.1, 0.15) is 6.92 Å². The number of hydrogen-bond acceptors (Lipinski definition) is 1. The molecule has 0 spiro atoms. The number of urea groups is 1. The summed E-state index contributed by atoms with van der Waals surface area (Å²) in [5.41, 5.74) is 6.01. The lowest BCUT2D eigenvalue weighted by Gasteiger charge is -2.01. The molecule has 0 bridgehead atoms. The minimum atomic E-state index is -0.490. The van der Waals surface area contributed by atoms with Crippen molar-refractivity contribution in [2.75, 3.05) is 6.54 Å². The summed E-state index contributed by atoms with van der Waals surface area (Å²) in [6.45, 7) is 2.59. The number of carbonyl (C=O) groups is 1. The zero-order chi connectivity index (χ0) is 9.68. The SMILES string of the molecule is CC1C=CC=C(CNC(N)=O)C=C1. The van der Waals surface area contributed by atoms with Crippen molar-refractivity contribution in [3.63, 3.8) is 0 Å². The van der Waals surface area contributed by atoms with Crippen molar-refractivity contribution >= 4 is 6.03 Å². The number of primary amides is 1. The first-order valence-electron chi connectivity index (χ1n) is 4.27. The Hall–Kier alpha value is -1.51. The first-order chi connectivity index (χ1) is 6.18. The van der Waals surface area contributed by atoms with Gasteiger partial charge in [-0.25, -0.2) is 4.79 Å². The largest absolute Gasteiger partial charge is 0.352 e. The Morgan fingerprint density at radius 3 is 3.08 bits per heavy atom. The predicted molar refractivity (Wildman–Crippen MR) is 53.1 cm³/mol. The number of allylic oxidation sites excluding steroid dienone is 4. The second kappa shape index (κ2) is 4.50. The van der Waals surface area contributed by atoms with Crippen LogP contribution in [0.5, 0.6) is 0 Å². The summed E-state index contributed by atoms with van der Waals surface area (Å²) in [5.74, 6) is 0.447. The Balaban J connectivity index is 2.51. The maximum Gasteiger partial charge on any atom is 0.312 e. The molecule has 0 saturated heterocycles. The van der Waals surface area contributed by atoms with Crippen LogP contribution in [0.25, 0.3) is 0 Å². The molecule has 2 amide bonds. The quantitative estimate of drug-likeness (QED) is 0.658. The number of rotatable bonds is 2. The zero-order valence-corrected chi connectivity index (χ0v) is 7.66. The molecule has 0 heterocycles. The molecule has 1 aliphatic rings. The van der Waals surface area contributed by atoms with Gasteiger partial charge in [-0.15, -0.1) is 0 Å². The molecule has 0 fully saturated rings. The van der Waals surface area contributed by atoms with Crippen LogP contribution >= 0.6 is 0 Å². The van der Waals surface area contributed by atoms with E-state index in [1.54, 1.807) is 0 Å². The molecule has 1 rings (SSSR count). The van der Waals surface area contributed by atoms with E-state index >= 15 is 0 Å². The van der Waals surface area contributed by atoms with Gasteiger partial charge in [0.15, 0.2) is 0 Å². The van der Waals surface area contributed by atoms with Crippen LogP contribution in [0.2, 0.25) is 0 Å². The summed E-state index contributed by atoms with van der Waals surface area (Å²) < 4.78 is 0. The molecule has 1 unspecified atom stereocenters. The number of nitrogens with two attached hydrogens (primary N) is 1. The fourth-order valence-electron chi connectivity index (χ4n) is 1.06. The summed E-state index contributed by atoms with van der Waals surface area (Å²) in [6, 6.07) is -0.490. The molecule has 1 aliphatic carbocycles. The number of amides is 2. The van der Waals surface area contributed by atoms with Gasteiger partial charge in [0.1, 0.15) is 0 Å². The first-order valence-corrected chi connectivity index (χ1v) is 4.27. The maximum absolute atomic E-state index is 10.4. The molecule has 0 aliphatic heterocycles. The van der Waals surface area contributed by atoms with E-state index in [2.05, 4.69) is 24.4 Å². The van der Waals surface area contributed by atoms with Gasteiger partial charge < -0.3 is 11.1 Å². The lowest BCUT2D eigenvalue weighted by Crippen LogP contribution is -2.30. The van der Waals surface area contributed by atoms with E-state index in [4.69, 9.17) is 5.73 Å². The summed E-state index contributed by atoms with van der Waals surface area (Å²) >= 11 is 0. The number of carbonyl (C=O) groups excluding carboxylic acids is 1. The van der Waals surface area contributed by atoms with Crippen LogP contribution in [-0.2, 0) is 0 Å². The van der Waals surface area contributed by atoms with Crippen molar-refractivity contribution in [3.05, 3.63) is 36.0 Å². The van der Waals surface area contributed by atoms with Crippen molar-refractivity contribution in [1.29, 1.82) is 0 Å². The Bertz CT molecular complexity index is 277. The fourth-order valence-corrected chi connectivity index (χ4v) is 1.06. The van der Waals surface area contributed by atoms with Gasteiger partial charge in [-0.2, -0.15) is 0 Å². The lowest BCUT2D eigenvalue weighted by atomic mass is 10.1. The van der Waals surface area contributed by atoms with E-state index in [0.29, 0.717) is 12.5 Å². The Morgan fingerprint density at radius 2 is 2.38 bits per heavy atom. The molecule has 1 atom stereocenters. The Kier molecular flexibility index (Phi) is 3.31. The van der Waals surface area contributed by atoms with E-state index < -0.39 is 6.03 Å². The van der Waals surface area contributed by atoms with E-state index in [1.165, 1.54) is 0 Å². The second-order valence-electron chi connectivity index (χ2n) is 3.06. The second-order valence-corrected chi connectivity index (χ2v) is 3.06. The van der Waals surface area contributed by atoms with Gasteiger partial charge in [0, 0.05) is 6.54 Å². The third-order valence-electron chi connectivity index (χ3n) is 1.81. The van der Waals surface area contributed by atoms with Crippen molar-refractivity contribution < 1.29 is 4.79 Å². The third-order valence-corrected chi connectivity index (χ3v) is 1.81. The predicted octanol–water partition coefficient (Wildman–Crippen LogP) is 1.34. The monoisotopic (exact) mass is 178 g/mol. The van der Waals surface area contributed by atoms with Gasteiger partial charge in [-0.3, -0.25) is 0 Å². The van der Waals surface area contributed by atoms with Crippen molar-refractivity contribution in [2.45, 2.75) is 6.92 Å².